The largest absolute Gasteiger partial charge is 0.413 e. The second kappa shape index (κ2) is 9.90. The highest BCUT2D eigenvalue weighted by atomic mass is 35.5. The fraction of sp³-hybridized carbons (Fsp3) is 0.261. The van der Waals surface area contributed by atoms with Crippen LogP contribution >= 0.6 is 11.6 Å². The van der Waals surface area contributed by atoms with Crippen LogP contribution in [0.25, 0.3) is 10.9 Å². The Morgan fingerprint density at radius 2 is 2.00 bits per heavy atom. The van der Waals surface area contributed by atoms with Gasteiger partial charge in [0.15, 0.2) is 0 Å². The lowest BCUT2D eigenvalue weighted by molar-refractivity contribution is -0.149. The molecule has 2 aromatic carbocycles. The standard InChI is InChI=1S/C23H22ClFN4O6/c24-15-7-13(8-16(25)11-15)12-27-20(31)23(34)3-5-29(21(23)32)17-1-2-18-14(9-17)10-19(28-18)35-22(33)26-4-6-30/h1-2,7-11,28,30,34H,3-6,12H2,(H,26,33)(H,27,31)/t23-/m0/s1. The highest BCUT2D eigenvalue weighted by Crippen LogP contribution is 2.32. The van der Waals surface area contributed by atoms with E-state index in [-0.39, 0.29) is 43.6 Å². The molecule has 35 heavy (non-hydrogen) atoms. The maximum atomic E-state index is 13.5. The van der Waals surface area contributed by atoms with E-state index < -0.39 is 29.3 Å². The van der Waals surface area contributed by atoms with Gasteiger partial charge in [-0.05, 0) is 42.0 Å². The van der Waals surface area contributed by atoms with Crippen LogP contribution in [0.15, 0.2) is 42.5 Å². The van der Waals surface area contributed by atoms with E-state index in [4.69, 9.17) is 21.4 Å². The van der Waals surface area contributed by atoms with Gasteiger partial charge in [0, 0.05) is 53.7 Å². The van der Waals surface area contributed by atoms with E-state index in [9.17, 15) is 23.9 Å². The SMILES string of the molecule is O=C(NCCO)Oc1cc2cc(N3CC[C@](O)(C(=O)NCc4cc(F)cc(Cl)c4)C3=O)ccc2[nH]1. The number of halogens is 2. The zero-order valence-electron chi connectivity index (χ0n) is 18.3. The molecular weight excluding hydrogens is 483 g/mol. The van der Waals surface area contributed by atoms with Gasteiger partial charge in [-0.15, -0.1) is 0 Å². The average Bonchev–Trinajstić information content (AvgIpc) is 3.35. The molecule has 2 heterocycles. The van der Waals surface area contributed by atoms with Crippen molar-refractivity contribution in [1.82, 2.24) is 15.6 Å². The highest BCUT2D eigenvalue weighted by molar-refractivity contribution is 6.30. The van der Waals surface area contributed by atoms with Gasteiger partial charge in [-0.25, -0.2) is 9.18 Å². The molecule has 3 amide bonds. The Hall–Kier alpha value is -3.67. The van der Waals surface area contributed by atoms with E-state index >= 15 is 0 Å². The number of nitrogens with one attached hydrogen (secondary N) is 3. The van der Waals surface area contributed by atoms with Crippen LogP contribution in [-0.2, 0) is 16.1 Å². The molecule has 0 bridgehead atoms. The fourth-order valence-corrected chi connectivity index (χ4v) is 4.06. The van der Waals surface area contributed by atoms with Crippen LogP contribution < -0.4 is 20.3 Å². The van der Waals surface area contributed by atoms with E-state index in [1.54, 1.807) is 24.3 Å². The number of aliphatic hydroxyl groups is 2. The van der Waals surface area contributed by atoms with Crippen molar-refractivity contribution < 1.29 is 33.7 Å². The number of amides is 3. The molecule has 0 unspecified atom stereocenters. The fourth-order valence-electron chi connectivity index (χ4n) is 3.81. The molecule has 1 aromatic heterocycles. The predicted octanol–water partition coefficient (Wildman–Crippen LogP) is 1.83. The molecule has 1 fully saturated rings. The summed E-state index contributed by atoms with van der Waals surface area (Å²) < 4.78 is 18.6. The molecule has 3 aromatic rings. The molecule has 1 saturated heterocycles. The number of aromatic amines is 1. The third kappa shape index (κ3) is 5.21. The normalized spacial score (nSPS) is 17.6. The van der Waals surface area contributed by atoms with E-state index in [1.807, 2.05) is 0 Å². The molecule has 1 atom stereocenters. The molecule has 1 aliphatic rings. The Morgan fingerprint density at radius 1 is 1.20 bits per heavy atom. The number of ether oxygens (including phenoxy) is 1. The second-order valence-electron chi connectivity index (χ2n) is 7.97. The maximum Gasteiger partial charge on any atom is 0.413 e. The number of hydrogen-bond donors (Lipinski definition) is 5. The summed E-state index contributed by atoms with van der Waals surface area (Å²) in [5.74, 6) is -2.09. The summed E-state index contributed by atoms with van der Waals surface area (Å²) in [6, 6.07) is 10.3. The minimum absolute atomic E-state index is 0.0484. The summed E-state index contributed by atoms with van der Waals surface area (Å²) in [4.78, 5) is 41.6. The maximum absolute atomic E-state index is 13.5. The summed E-state index contributed by atoms with van der Waals surface area (Å²) in [6.45, 7) is -0.196. The van der Waals surface area contributed by atoms with E-state index in [1.165, 1.54) is 17.0 Å². The highest BCUT2D eigenvalue weighted by Gasteiger charge is 2.51. The third-order valence-electron chi connectivity index (χ3n) is 5.52. The van der Waals surface area contributed by atoms with Gasteiger partial charge < -0.3 is 35.5 Å². The lowest BCUT2D eigenvalue weighted by Gasteiger charge is -2.22. The molecule has 184 valence electrons. The van der Waals surface area contributed by atoms with Gasteiger partial charge in [-0.2, -0.15) is 0 Å². The Morgan fingerprint density at radius 3 is 2.74 bits per heavy atom. The first kappa shape index (κ1) is 24.5. The van der Waals surface area contributed by atoms with Gasteiger partial charge in [0.05, 0.1) is 6.61 Å². The third-order valence-corrected chi connectivity index (χ3v) is 5.74. The van der Waals surface area contributed by atoms with Crippen molar-refractivity contribution in [3.05, 3.63) is 58.9 Å². The Bertz CT molecular complexity index is 1280. The van der Waals surface area contributed by atoms with Gasteiger partial charge in [-0.3, -0.25) is 9.59 Å². The molecule has 5 N–H and O–H groups in total. The minimum Gasteiger partial charge on any atom is -0.395 e. The van der Waals surface area contributed by atoms with Crippen molar-refractivity contribution in [2.75, 3.05) is 24.6 Å². The average molecular weight is 505 g/mol. The summed E-state index contributed by atoms with van der Waals surface area (Å²) in [5.41, 5.74) is -0.815. The van der Waals surface area contributed by atoms with Gasteiger partial charge >= 0.3 is 6.09 Å². The zero-order chi connectivity index (χ0) is 25.2. The van der Waals surface area contributed by atoms with Crippen LogP contribution in [0.1, 0.15) is 12.0 Å². The first-order valence-corrected chi connectivity index (χ1v) is 11.0. The molecule has 0 radical (unpaired) electrons. The zero-order valence-corrected chi connectivity index (χ0v) is 19.1. The minimum atomic E-state index is -2.27. The van der Waals surface area contributed by atoms with Crippen molar-refractivity contribution in [3.8, 4) is 5.88 Å². The van der Waals surface area contributed by atoms with E-state index in [2.05, 4.69) is 15.6 Å². The monoisotopic (exact) mass is 504 g/mol. The molecule has 1 aliphatic heterocycles. The van der Waals surface area contributed by atoms with Crippen LogP contribution in [-0.4, -0.2) is 58.4 Å². The number of hydrogen-bond acceptors (Lipinski definition) is 6. The number of rotatable bonds is 7. The number of carbonyl (C=O) groups is 3. The molecule has 0 saturated carbocycles. The summed E-state index contributed by atoms with van der Waals surface area (Å²) in [6.07, 6.45) is -0.872. The van der Waals surface area contributed by atoms with Crippen LogP contribution in [0.5, 0.6) is 5.88 Å². The molecular formula is C23H22ClFN4O6. The van der Waals surface area contributed by atoms with Crippen molar-refractivity contribution in [1.29, 1.82) is 0 Å². The van der Waals surface area contributed by atoms with Crippen molar-refractivity contribution in [2.24, 2.45) is 0 Å². The molecule has 0 aliphatic carbocycles. The number of H-pyrrole nitrogens is 1. The Labute approximate surface area is 203 Å². The number of nitrogens with zero attached hydrogens (tertiary/aromatic N) is 1. The lowest BCUT2D eigenvalue weighted by Crippen LogP contribution is -2.52. The number of fused-ring (bicyclic) bond motifs is 1. The van der Waals surface area contributed by atoms with Crippen molar-refractivity contribution >= 4 is 46.1 Å². The van der Waals surface area contributed by atoms with Crippen molar-refractivity contribution in [2.45, 2.75) is 18.6 Å². The van der Waals surface area contributed by atoms with Crippen LogP contribution in [0, 0.1) is 5.82 Å². The summed E-state index contributed by atoms with van der Waals surface area (Å²) in [7, 11) is 0. The lowest BCUT2D eigenvalue weighted by atomic mass is 10.0. The first-order chi connectivity index (χ1) is 16.7. The number of benzene rings is 2. The van der Waals surface area contributed by atoms with Gasteiger partial charge in [0.2, 0.25) is 11.5 Å². The van der Waals surface area contributed by atoms with E-state index in [0.29, 0.717) is 22.2 Å². The van der Waals surface area contributed by atoms with Crippen LogP contribution in [0.3, 0.4) is 0 Å². The van der Waals surface area contributed by atoms with Crippen LogP contribution in [0.4, 0.5) is 14.9 Å². The molecule has 0 spiro atoms. The molecule has 10 nitrogen and oxygen atoms in total. The van der Waals surface area contributed by atoms with E-state index in [0.717, 1.165) is 6.07 Å². The quantitative estimate of drug-likeness (QED) is 0.310. The number of aromatic nitrogens is 1. The smallest absolute Gasteiger partial charge is 0.395 e. The van der Waals surface area contributed by atoms with Gasteiger partial charge in [0.25, 0.3) is 11.8 Å². The first-order valence-electron chi connectivity index (χ1n) is 10.7. The second-order valence-corrected chi connectivity index (χ2v) is 8.41. The molecule has 4 rings (SSSR count). The number of carbonyl (C=O) groups excluding carboxylic acids is 3. The topological polar surface area (TPSA) is 144 Å². The number of anilines is 1. The van der Waals surface area contributed by atoms with Gasteiger partial charge in [-0.1, -0.05) is 11.6 Å². The Balaban J connectivity index is 1.45. The molecule has 12 heteroatoms. The summed E-state index contributed by atoms with van der Waals surface area (Å²) >= 11 is 5.82. The predicted molar refractivity (Wildman–Crippen MR) is 125 cm³/mol. The van der Waals surface area contributed by atoms with Crippen LogP contribution in [0.2, 0.25) is 5.02 Å². The summed E-state index contributed by atoms with van der Waals surface area (Å²) in [5, 5.41) is 25.2. The van der Waals surface area contributed by atoms with Gasteiger partial charge in [0.1, 0.15) is 5.82 Å². The van der Waals surface area contributed by atoms with Crippen molar-refractivity contribution in [3.63, 3.8) is 0 Å². The Kier molecular flexibility index (Phi) is 6.92. The number of aliphatic hydroxyl groups excluding tert-OH is 1.